The molecule has 1 unspecified atom stereocenters. The van der Waals surface area contributed by atoms with Crippen LogP contribution in [0.25, 0.3) is 0 Å². The first-order chi connectivity index (χ1) is 9.46. The van der Waals surface area contributed by atoms with Gasteiger partial charge in [0.05, 0.1) is 5.41 Å². The third-order valence-corrected chi connectivity index (χ3v) is 4.61. The summed E-state index contributed by atoms with van der Waals surface area (Å²) in [7, 11) is 0. The van der Waals surface area contributed by atoms with E-state index in [1.54, 1.807) is 0 Å². The highest BCUT2D eigenvalue weighted by atomic mass is 16.4. The fourth-order valence-corrected chi connectivity index (χ4v) is 2.83. The second-order valence-electron chi connectivity index (χ2n) is 6.76. The van der Waals surface area contributed by atoms with E-state index in [9.17, 15) is 9.90 Å². The van der Waals surface area contributed by atoms with Gasteiger partial charge in [-0.25, -0.2) is 9.90 Å². The van der Waals surface area contributed by atoms with Gasteiger partial charge in [-0.2, -0.15) is 0 Å². The van der Waals surface area contributed by atoms with Gasteiger partial charge >= 0.3 is 5.97 Å². The van der Waals surface area contributed by atoms with Crippen LogP contribution in [-0.2, 0) is 9.90 Å². The van der Waals surface area contributed by atoms with Crippen LogP contribution in [-0.4, -0.2) is 5.97 Å². The van der Waals surface area contributed by atoms with Crippen molar-refractivity contribution in [3.63, 3.8) is 0 Å². The molecule has 20 heavy (non-hydrogen) atoms. The van der Waals surface area contributed by atoms with Gasteiger partial charge in [-0.3, -0.25) is 0 Å². The Morgan fingerprint density at radius 3 is 1.75 bits per heavy atom. The van der Waals surface area contributed by atoms with E-state index in [1.807, 2.05) is 13.8 Å². The van der Waals surface area contributed by atoms with E-state index in [0.29, 0.717) is 0 Å². The standard InChI is InChI=1S/C18H35O2/c1-5-7-9-10-11-12-13-15-16(14-8-6-2)18(3,4)17(19)20/h16H,5-15H2,1-4H3. The molecule has 0 aliphatic heterocycles. The zero-order chi connectivity index (χ0) is 15.4. The monoisotopic (exact) mass is 283 g/mol. The minimum Gasteiger partial charge on any atom is -0.247 e. The summed E-state index contributed by atoms with van der Waals surface area (Å²) >= 11 is 0. The van der Waals surface area contributed by atoms with E-state index >= 15 is 0 Å². The summed E-state index contributed by atoms with van der Waals surface area (Å²) in [5.41, 5.74) is -0.683. The van der Waals surface area contributed by atoms with Crippen LogP contribution < -0.4 is 0 Å². The Hall–Kier alpha value is -0.530. The molecule has 0 aromatic rings. The molecule has 0 amide bonds. The zero-order valence-electron chi connectivity index (χ0n) is 14.2. The number of carbonyl (C=O) groups excluding carboxylic acids is 1. The maximum absolute atomic E-state index is 11.3. The SMILES string of the molecule is CCCCCCCCCC(CCCC)C(C)(C)C([O])=O. The van der Waals surface area contributed by atoms with Gasteiger partial charge in [0.25, 0.3) is 0 Å². The first-order valence-electron chi connectivity index (χ1n) is 8.68. The Labute approximate surface area is 126 Å². The van der Waals surface area contributed by atoms with Crippen molar-refractivity contribution >= 4 is 5.97 Å². The molecule has 0 bridgehead atoms. The Morgan fingerprint density at radius 1 is 0.800 bits per heavy atom. The Balaban J connectivity index is 4.02. The third-order valence-electron chi connectivity index (χ3n) is 4.61. The van der Waals surface area contributed by atoms with Crippen LogP contribution in [0, 0.1) is 11.3 Å². The number of hydrogen-bond donors (Lipinski definition) is 0. The van der Waals surface area contributed by atoms with Crippen LogP contribution in [0.15, 0.2) is 0 Å². The maximum Gasteiger partial charge on any atom is 0.361 e. The van der Waals surface area contributed by atoms with E-state index in [2.05, 4.69) is 13.8 Å². The number of carbonyl (C=O) groups is 1. The van der Waals surface area contributed by atoms with Gasteiger partial charge in [0.15, 0.2) is 0 Å². The highest BCUT2D eigenvalue weighted by molar-refractivity contribution is 5.73. The van der Waals surface area contributed by atoms with Crippen molar-refractivity contribution in [3.05, 3.63) is 0 Å². The molecule has 0 aromatic heterocycles. The lowest BCUT2D eigenvalue weighted by Gasteiger charge is -2.29. The summed E-state index contributed by atoms with van der Waals surface area (Å²) < 4.78 is 0. The minimum absolute atomic E-state index is 0.267. The van der Waals surface area contributed by atoms with Crippen LogP contribution in [0.4, 0.5) is 0 Å². The van der Waals surface area contributed by atoms with Crippen molar-refractivity contribution < 1.29 is 9.90 Å². The first-order valence-corrected chi connectivity index (χ1v) is 8.68. The molecule has 1 radical (unpaired) electrons. The van der Waals surface area contributed by atoms with Crippen molar-refractivity contribution in [2.75, 3.05) is 0 Å². The summed E-state index contributed by atoms with van der Waals surface area (Å²) in [5.74, 6) is -0.621. The van der Waals surface area contributed by atoms with Crippen molar-refractivity contribution in [2.45, 2.75) is 98.3 Å². The fourth-order valence-electron chi connectivity index (χ4n) is 2.83. The topological polar surface area (TPSA) is 37.0 Å². The van der Waals surface area contributed by atoms with Crippen molar-refractivity contribution in [3.8, 4) is 0 Å². The van der Waals surface area contributed by atoms with Crippen molar-refractivity contribution in [2.24, 2.45) is 11.3 Å². The second kappa shape index (κ2) is 11.2. The molecule has 0 fully saturated rings. The van der Waals surface area contributed by atoms with Crippen LogP contribution in [0.5, 0.6) is 0 Å². The molecular weight excluding hydrogens is 248 g/mol. The largest absolute Gasteiger partial charge is 0.361 e. The number of rotatable bonds is 13. The fraction of sp³-hybridized carbons (Fsp3) is 0.944. The molecule has 0 aliphatic rings. The normalized spacial score (nSPS) is 13.4. The maximum atomic E-state index is 11.3. The summed E-state index contributed by atoms with van der Waals surface area (Å²) in [6.45, 7) is 8.07. The lowest BCUT2D eigenvalue weighted by Crippen LogP contribution is -2.32. The Morgan fingerprint density at radius 2 is 1.25 bits per heavy atom. The van der Waals surface area contributed by atoms with Gasteiger partial charge in [0.2, 0.25) is 0 Å². The van der Waals surface area contributed by atoms with Gasteiger partial charge < -0.3 is 0 Å². The quantitative estimate of drug-likeness (QED) is 0.387. The average Bonchev–Trinajstić information content (AvgIpc) is 2.40. The number of unbranched alkanes of at least 4 members (excludes halogenated alkanes) is 7. The molecule has 0 rings (SSSR count). The van der Waals surface area contributed by atoms with Crippen LogP contribution in [0.1, 0.15) is 98.3 Å². The molecule has 1 atom stereocenters. The smallest absolute Gasteiger partial charge is 0.247 e. The summed E-state index contributed by atoms with van der Waals surface area (Å²) in [4.78, 5) is 11.3. The van der Waals surface area contributed by atoms with E-state index in [-0.39, 0.29) is 5.92 Å². The number of hydrogen-bond acceptors (Lipinski definition) is 1. The molecule has 0 spiro atoms. The molecule has 0 aliphatic carbocycles. The highest BCUT2D eigenvalue weighted by Crippen LogP contribution is 2.35. The molecule has 0 saturated carbocycles. The third kappa shape index (κ3) is 7.91. The van der Waals surface area contributed by atoms with Gasteiger partial charge in [0.1, 0.15) is 0 Å². The molecule has 0 saturated heterocycles. The second-order valence-corrected chi connectivity index (χ2v) is 6.76. The molecule has 0 aromatic carbocycles. The Kier molecular flexibility index (Phi) is 10.9. The van der Waals surface area contributed by atoms with Crippen LogP contribution >= 0.6 is 0 Å². The molecule has 2 nitrogen and oxygen atoms in total. The van der Waals surface area contributed by atoms with E-state index in [0.717, 1.165) is 32.1 Å². The van der Waals surface area contributed by atoms with Gasteiger partial charge in [-0.05, 0) is 32.6 Å². The molecular formula is C18H35O2. The molecule has 119 valence electrons. The minimum atomic E-state index is -0.887. The summed E-state index contributed by atoms with van der Waals surface area (Å²) in [5, 5.41) is 11.3. The zero-order valence-corrected chi connectivity index (χ0v) is 14.2. The summed E-state index contributed by atoms with van der Waals surface area (Å²) in [6.07, 6.45) is 13.3. The molecule has 0 N–H and O–H groups in total. The predicted octanol–water partition coefficient (Wildman–Crippen LogP) is 5.92. The van der Waals surface area contributed by atoms with E-state index < -0.39 is 11.4 Å². The first kappa shape index (κ1) is 19.5. The van der Waals surface area contributed by atoms with Gasteiger partial charge in [-0.15, -0.1) is 0 Å². The Bertz CT molecular complexity index is 246. The molecule has 2 heteroatoms. The van der Waals surface area contributed by atoms with Crippen LogP contribution in [0.2, 0.25) is 0 Å². The lowest BCUT2D eigenvalue weighted by atomic mass is 9.73. The van der Waals surface area contributed by atoms with Gasteiger partial charge in [0, 0.05) is 0 Å². The average molecular weight is 283 g/mol. The van der Waals surface area contributed by atoms with E-state index in [4.69, 9.17) is 0 Å². The lowest BCUT2D eigenvalue weighted by molar-refractivity contribution is -0.157. The van der Waals surface area contributed by atoms with E-state index in [1.165, 1.54) is 38.5 Å². The highest BCUT2D eigenvalue weighted by Gasteiger charge is 2.37. The van der Waals surface area contributed by atoms with Crippen molar-refractivity contribution in [1.29, 1.82) is 0 Å². The van der Waals surface area contributed by atoms with Gasteiger partial charge in [-0.1, -0.05) is 71.6 Å². The van der Waals surface area contributed by atoms with Crippen LogP contribution in [0.3, 0.4) is 0 Å². The van der Waals surface area contributed by atoms with Crippen molar-refractivity contribution in [1.82, 2.24) is 0 Å². The summed E-state index contributed by atoms with van der Waals surface area (Å²) in [6, 6.07) is 0. The molecule has 0 heterocycles. The predicted molar refractivity (Wildman–Crippen MR) is 85.1 cm³/mol.